The number of methoxy groups -OCH3 is 1. The lowest BCUT2D eigenvalue weighted by molar-refractivity contribution is -0.139. The van der Waals surface area contributed by atoms with Gasteiger partial charge in [-0.1, -0.05) is 73.9 Å². The normalized spacial score (nSPS) is 14.6. The van der Waals surface area contributed by atoms with Gasteiger partial charge in [-0.05, 0) is 56.0 Å². The number of hydrogen-bond donors (Lipinski definition) is 1. The molecule has 1 fully saturated rings. The Morgan fingerprint density at radius 2 is 1.59 bits per heavy atom. The molecular weight excluding hydrogens is 538 g/mol. The van der Waals surface area contributed by atoms with Crippen molar-refractivity contribution < 1.29 is 22.7 Å². The Bertz CT molecular complexity index is 1390. The fourth-order valence-corrected chi connectivity index (χ4v) is 6.58. The Kier molecular flexibility index (Phi) is 10.4. The molecule has 0 spiro atoms. The molecule has 0 aliphatic heterocycles. The maximum atomic E-state index is 14.0. The molecule has 1 saturated carbocycles. The second kappa shape index (κ2) is 14.2. The lowest BCUT2D eigenvalue weighted by Gasteiger charge is -2.33. The number of anilines is 1. The van der Waals surface area contributed by atoms with Crippen molar-refractivity contribution in [3.05, 3.63) is 90.5 Å². The molecule has 3 aromatic carbocycles. The molecule has 0 radical (unpaired) electrons. The molecule has 0 heterocycles. The van der Waals surface area contributed by atoms with Crippen LogP contribution in [0.5, 0.6) is 5.75 Å². The van der Waals surface area contributed by atoms with E-state index in [2.05, 4.69) is 5.32 Å². The van der Waals surface area contributed by atoms with Crippen LogP contribution in [0.4, 0.5) is 5.69 Å². The number of carbonyl (C=O) groups is 2. The van der Waals surface area contributed by atoms with E-state index in [0.29, 0.717) is 17.9 Å². The molecule has 4 rings (SSSR count). The third-order valence-corrected chi connectivity index (χ3v) is 9.34. The molecule has 0 bridgehead atoms. The zero-order valence-corrected chi connectivity index (χ0v) is 24.6. The summed E-state index contributed by atoms with van der Waals surface area (Å²) in [6, 6.07) is 23.7. The molecule has 218 valence electrons. The number of amides is 2. The Morgan fingerprint density at radius 1 is 0.927 bits per heavy atom. The van der Waals surface area contributed by atoms with Crippen LogP contribution in [0.1, 0.15) is 44.6 Å². The molecule has 1 aliphatic rings. The van der Waals surface area contributed by atoms with E-state index in [1.807, 2.05) is 30.3 Å². The van der Waals surface area contributed by atoms with Gasteiger partial charge < -0.3 is 15.0 Å². The molecule has 0 saturated heterocycles. The first-order valence-electron chi connectivity index (χ1n) is 14.1. The number of nitrogens with one attached hydrogen (secondary N) is 1. The van der Waals surface area contributed by atoms with Crippen LogP contribution in [0.25, 0.3) is 0 Å². The van der Waals surface area contributed by atoms with Crippen LogP contribution in [0, 0.1) is 0 Å². The summed E-state index contributed by atoms with van der Waals surface area (Å²) in [7, 11) is -2.62. The van der Waals surface area contributed by atoms with Gasteiger partial charge in [0.05, 0.1) is 17.7 Å². The number of ether oxygens (including phenoxy) is 1. The van der Waals surface area contributed by atoms with Crippen molar-refractivity contribution >= 4 is 27.5 Å². The molecule has 1 N–H and O–H groups in total. The summed E-state index contributed by atoms with van der Waals surface area (Å²) in [5.74, 6) is -0.226. The van der Waals surface area contributed by atoms with E-state index >= 15 is 0 Å². The van der Waals surface area contributed by atoms with Gasteiger partial charge in [0.15, 0.2) is 0 Å². The van der Waals surface area contributed by atoms with Crippen molar-refractivity contribution in [2.75, 3.05) is 24.5 Å². The van der Waals surface area contributed by atoms with Gasteiger partial charge in [-0.15, -0.1) is 0 Å². The SMILES string of the molecule is COc1cccc(N(CC(=O)N(CCc2ccccc2)[C@H](C)C(=O)NC2CCCCC2)S(=O)(=O)c2ccccc2)c1. The van der Waals surface area contributed by atoms with Gasteiger partial charge in [-0.3, -0.25) is 13.9 Å². The number of benzene rings is 3. The van der Waals surface area contributed by atoms with E-state index in [4.69, 9.17) is 4.74 Å². The molecule has 8 nitrogen and oxygen atoms in total. The van der Waals surface area contributed by atoms with Crippen molar-refractivity contribution in [3.63, 3.8) is 0 Å². The summed E-state index contributed by atoms with van der Waals surface area (Å²) in [6.45, 7) is 1.50. The summed E-state index contributed by atoms with van der Waals surface area (Å²) in [6.07, 6.45) is 5.69. The van der Waals surface area contributed by atoms with E-state index in [-0.39, 0.29) is 23.4 Å². The molecule has 0 aromatic heterocycles. The molecule has 9 heteroatoms. The second-order valence-corrected chi connectivity index (χ2v) is 12.2. The summed E-state index contributed by atoms with van der Waals surface area (Å²) < 4.78 is 34.2. The molecular formula is C32H39N3O5S. The predicted molar refractivity (Wildman–Crippen MR) is 160 cm³/mol. The topological polar surface area (TPSA) is 96.0 Å². The molecule has 1 aliphatic carbocycles. The Labute approximate surface area is 243 Å². The van der Waals surface area contributed by atoms with Crippen LogP contribution in [0.2, 0.25) is 0 Å². The predicted octanol–water partition coefficient (Wildman–Crippen LogP) is 4.80. The number of carbonyl (C=O) groups excluding carboxylic acids is 2. The van der Waals surface area contributed by atoms with Gasteiger partial charge in [0, 0.05) is 18.7 Å². The zero-order valence-electron chi connectivity index (χ0n) is 23.7. The highest BCUT2D eigenvalue weighted by Gasteiger charge is 2.33. The van der Waals surface area contributed by atoms with E-state index in [0.717, 1.165) is 35.6 Å². The van der Waals surface area contributed by atoms with Crippen LogP contribution in [-0.4, -0.2) is 57.4 Å². The van der Waals surface area contributed by atoms with Gasteiger partial charge in [0.1, 0.15) is 18.3 Å². The first kappa shape index (κ1) is 30.1. The number of rotatable bonds is 12. The second-order valence-electron chi connectivity index (χ2n) is 10.4. The van der Waals surface area contributed by atoms with Gasteiger partial charge >= 0.3 is 0 Å². The van der Waals surface area contributed by atoms with Crippen LogP contribution < -0.4 is 14.4 Å². The van der Waals surface area contributed by atoms with Crippen molar-refractivity contribution in [1.29, 1.82) is 0 Å². The van der Waals surface area contributed by atoms with Gasteiger partial charge in [0.2, 0.25) is 11.8 Å². The molecule has 0 unspecified atom stereocenters. The standard InChI is InChI=1S/C32H39N3O5S/c1-25(32(37)33-27-15-8-4-9-16-27)34(22-21-26-13-6-3-7-14-26)31(36)24-35(28-17-12-18-29(23-28)40-2)41(38,39)30-19-10-5-11-20-30/h3,5-7,10-14,17-20,23,25,27H,4,8-9,15-16,21-22,24H2,1-2H3,(H,33,37)/t25-/m1/s1. The average Bonchev–Trinajstić information content (AvgIpc) is 3.01. The smallest absolute Gasteiger partial charge is 0.264 e. The number of sulfonamides is 1. The highest BCUT2D eigenvalue weighted by atomic mass is 32.2. The van der Waals surface area contributed by atoms with Crippen LogP contribution in [0.15, 0.2) is 89.8 Å². The molecule has 2 amide bonds. The zero-order chi connectivity index (χ0) is 29.2. The van der Waals surface area contributed by atoms with E-state index in [1.54, 1.807) is 49.4 Å². The third kappa shape index (κ3) is 7.88. The molecule has 1 atom stereocenters. The highest BCUT2D eigenvalue weighted by molar-refractivity contribution is 7.92. The fourth-order valence-electron chi connectivity index (χ4n) is 5.15. The highest BCUT2D eigenvalue weighted by Crippen LogP contribution is 2.27. The van der Waals surface area contributed by atoms with Crippen molar-refractivity contribution in [3.8, 4) is 5.75 Å². The van der Waals surface area contributed by atoms with Gasteiger partial charge in [-0.2, -0.15) is 0 Å². The maximum Gasteiger partial charge on any atom is 0.264 e. The Morgan fingerprint density at radius 3 is 2.24 bits per heavy atom. The van der Waals surface area contributed by atoms with E-state index < -0.39 is 28.5 Å². The van der Waals surface area contributed by atoms with Gasteiger partial charge in [0.25, 0.3) is 10.0 Å². The third-order valence-electron chi connectivity index (χ3n) is 7.55. The lowest BCUT2D eigenvalue weighted by atomic mass is 9.95. The van der Waals surface area contributed by atoms with Crippen molar-refractivity contribution in [2.24, 2.45) is 0 Å². The quantitative estimate of drug-likeness (QED) is 0.334. The number of nitrogens with zero attached hydrogens (tertiary/aromatic N) is 2. The van der Waals surface area contributed by atoms with E-state index in [1.165, 1.54) is 30.6 Å². The fraction of sp³-hybridized carbons (Fsp3) is 0.375. The van der Waals surface area contributed by atoms with Crippen LogP contribution in [-0.2, 0) is 26.0 Å². The van der Waals surface area contributed by atoms with Crippen molar-refractivity contribution in [2.45, 2.75) is 62.4 Å². The minimum Gasteiger partial charge on any atom is -0.497 e. The van der Waals surface area contributed by atoms with Crippen LogP contribution >= 0.6 is 0 Å². The van der Waals surface area contributed by atoms with Crippen molar-refractivity contribution in [1.82, 2.24) is 10.2 Å². The summed E-state index contributed by atoms with van der Waals surface area (Å²) in [4.78, 5) is 29.0. The minimum absolute atomic E-state index is 0.0644. The van der Waals surface area contributed by atoms with Gasteiger partial charge in [-0.25, -0.2) is 8.42 Å². The Hall–Kier alpha value is -3.85. The van der Waals surface area contributed by atoms with E-state index in [9.17, 15) is 18.0 Å². The Balaban J connectivity index is 1.64. The molecule has 41 heavy (non-hydrogen) atoms. The first-order chi connectivity index (χ1) is 19.8. The number of hydrogen-bond acceptors (Lipinski definition) is 5. The maximum absolute atomic E-state index is 14.0. The largest absolute Gasteiger partial charge is 0.497 e. The summed E-state index contributed by atoms with van der Waals surface area (Å²) >= 11 is 0. The lowest BCUT2D eigenvalue weighted by Crippen LogP contribution is -2.53. The molecule has 3 aromatic rings. The monoisotopic (exact) mass is 577 g/mol. The first-order valence-corrected chi connectivity index (χ1v) is 15.6. The summed E-state index contributed by atoms with van der Waals surface area (Å²) in [5, 5.41) is 3.13. The van der Waals surface area contributed by atoms with Crippen LogP contribution in [0.3, 0.4) is 0 Å². The average molecular weight is 578 g/mol. The summed E-state index contributed by atoms with van der Waals surface area (Å²) in [5.41, 5.74) is 1.32. The minimum atomic E-state index is -4.11.